The molecule has 2 aromatic heterocycles. The van der Waals surface area contributed by atoms with Gasteiger partial charge in [-0.05, 0) is 49.8 Å². The van der Waals surface area contributed by atoms with Crippen LogP contribution < -0.4 is 0 Å². The number of nitrogens with zero attached hydrogens (tertiary/aromatic N) is 4. The fraction of sp³-hybridized carbons (Fsp3) is 0.321. The maximum Gasteiger partial charge on any atom is 0.233 e. The van der Waals surface area contributed by atoms with Crippen LogP contribution in [0.5, 0.6) is 0 Å². The molecule has 0 aliphatic heterocycles. The number of benzene rings is 2. The van der Waals surface area contributed by atoms with Gasteiger partial charge in [0.2, 0.25) is 5.91 Å². The van der Waals surface area contributed by atoms with Crippen molar-refractivity contribution in [1.29, 1.82) is 0 Å². The van der Waals surface area contributed by atoms with Gasteiger partial charge in [0.05, 0.1) is 24.1 Å². The molecule has 0 saturated heterocycles. The summed E-state index contributed by atoms with van der Waals surface area (Å²) in [4.78, 5) is 15.5. The molecule has 7 heteroatoms. The van der Waals surface area contributed by atoms with Crippen LogP contribution in [0.2, 0.25) is 0 Å². The second-order valence-electron chi connectivity index (χ2n) is 9.14. The van der Waals surface area contributed by atoms with Crippen molar-refractivity contribution in [3.63, 3.8) is 0 Å². The van der Waals surface area contributed by atoms with Crippen LogP contribution in [0.3, 0.4) is 0 Å². The van der Waals surface area contributed by atoms with Gasteiger partial charge in [-0.2, -0.15) is 0 Å². The molecule has 6 nitrogen and oxygen atoms in total. The maximum atomic E-state index is 13.5. The number of amides is 1. The Morgan fingerprint density at radius 3 is 2.37 bits per heavy atom. The molecule has 180 valence electrons. The first-order chi connectivity index (χ1) is 17.1. The Balaban J connectivity index is 1.37. The summed E-state index contributed by atoms with van der Waals surface area (Å²) in [7, 11) is 0. The highest BCUT2D eigenvalue weighted by Crippen LogP contribution is 2.36. The van der Waals surface area contributed by atoms with E-state index in [0.717, 1.165) is 33.4 Å². The van der Waals surface area contributed by atoms with Gasteiger partial charge < -0.3 is 9.32 Å². The summed E-state index contributed by atoms with van der Waals surface area (Å²) in [5.74, 6) is 2.61. The number of furan rings is 1. The summed E-state index contributed by atoms with van der Waals surface area (Å²) < 4.78 is 7.61. The predicted molar refractivity (Wildman–Crippen MR) is 138 cm³/mol. The highest BCUT2D eigenvalue weighted by atomic mass is 32.2. The molecule has 2 heterocycles. The van der Waals surface area contributed by atoms with Gasteiger partial charge in [0, 0.05) is 12.6 Å². The molecule has 0 radical (unpaired) electrons. The first-order valence-corrected chi connectivity index (χ1v) is 13.1. The summed E-state index contributed by atoms with van der Waals surface area (Å²) in [6.07, 6.45) is 4.07. The number of carbonyl (C=O) groups is 1. The second-order valence-corrected chi connectivity index (χ2v) is 10.1. The van der Waals surface area contributed by atoms with Crippen LogP contribution in [0.25, 0.3) is 11.4 Å². The summed E-state index contributed by atoms with van der Waals surface area (Å²) in [5.41, 5.74) is 3.22. The van der Waals surface area contributed by atoms with Crippen LogP contribution in [-0.4, -0.2) is 37.4 Å². The fourth-order valence-corrected chi connectivity index (χ4v) is 5.23. The lowest BCUT2D eigenvalue weighted by Crippen LogP contribution is -2.40. The molecule has 1 aliphatic rings. The van der Waals surface area contributed by atoms with Crippen molar-refractivity contribution in [3.8, 4) is 11.4 Å². The molecule has 1 amide bonds. The van der Waals surface area contributed by atoms with E-state index in [9.17, 15) is 4.79 Å². The predicted octanol–water partition coefficient (Wildman–Crippen LogP) is 5.81. The highest BCUT2D eigenvalue weighted by molar-refractivity contribution is 7.99. The monoisotopic (exact) mass is 486 g/mol. The Kier molecular flexibility index (Phi) is 7.04. The largest absolute Gasteiger partial charge is 0.469 e. The lowest BCUT2D eigenvalue weighted by Gasteiger charge is -2.29. The first kappa shape index (κ1) is 23.4. The standard InChI is InChI=1S/C28H30N4O2S/c1-20(24-13-14-24)31(17-22-9-5-3-6-10-22)26(33)19-35-28-30-29-27(25-15-16-34-21(25)2)32(28)18-23-11-7-4-8-12-23/h3-12,15-16,20,24H,13-14,17-19H2,1-2H3/t20-/m1/s1. The SMILES string of the molecule is Cc1occc1-c1nnc(SCC(=O)N(Cc2ccccc2)[C@H](C)C2CC2)n1Cc1ccccc1. The zero-order valence-electron chi connectivity index (χ0n) is 20.1. The molecule has 0 unspecified atom stereocenters. The third-order valence-electron chi connectivity index (χ3n) is 6.64. The zero-order chi connectivity index (χ0) is 24.2. The van der Waals surface area contributed by atoms with Crippen LogP contribution >= 0.6 is 11.8 Å². The Bertz CT molecular complexity index is 1260. The topological polar surface area (TPSA) is 64.2 Å². The minimum Gasteiger partial charge on any atom is -0.469 e. The fourth-order valence-electron chi connectivity index (χ4n) is 4.40. The highest BCUT2D eigenvalue weighted by Gasteiger charge is 2.34. The van der Waals surface area contributed by atoms with Gasteiger partial charge in [-0.25, -0.2) is 0 Å². The molecular weight excluding hydrogens is 456 g/mol. The third-order valence-corrected chi connectivity index (χ3v) is 7.59. The van der Waals surface area contributed by atoms with Crippen LogP contribution in [0.15, 0.2) is 82.6 Å². The quantitative estimate of drug-likeness (QED) is 0.265. The second kappa shape index (κ2) is 10.5. The summed E-state index contributed by atoms with van der Waals surface area (Å²) in [6, 6.07) is 22.6. The van der Waals surface area contributed by atoms with Crippen LogP contribution in [0.4, 0.5) is 0 Å². The van der Waals surface area contributed by atoms with Crippen molar-refractivity contribution >= 4 is 17.7 Å². The molecule has 35 heavy (non-hydrogen) atoms. The molecule has 2 aromatic carbocycles. The molecule has 0 N–H and O–H groups in total. The lowest BCUT2D eigenvalue weighted by molar-refractivity contribution is -0.131. The molecule has 1 atom stereocenters. The van der Waals surface area contributed by atoms with E-state index in [0.29, 0.717) is 24.8 Å². The number of aromatic nitrogens is 3. The van der Waals surface area contributed by atoms with Gasteiger partial charge in [0.25, 0.3) is 0 Å². The minimum atomic E-state index is 0.133. The zero-order valence-corrected chi connectivity index (χ0v) is 20.9. The van der Waals surface area contributed by atoms with E-state index in [1.807, 2.05) is 54.3 Å². The van der Waals surface area contributed by atoms with Crippen molar-refractivity contribution in [2.45, 2.75) is 51.0 Å². The average Bonchev–Trinajstić information content (AvgIpc) is 3.55. The summed E-state index contributed by atoms with van der Waals surface area (Å²) in [5, 5.41) is 9.70. The molecule has 5 rings (SSSR count). The van der Waals surface area contributed by atoms with Gasteiger partial charge in [0.1, 0.15) is 5.76 Å². The van der Waals surface area contributed by atoms with E-state index in [4.69, 9.17) is 4.42 Å². The van der Waals surface area contributed by atoms with E-state index >= 15 is 0 Å². The van der Waals surface area contributed by atoms with Gasteiger partial charge in [0.15, 0.2) is 11.0 Å². The number of hydrogen-bond donors (Lipinski definition) is 0. The molecule has 4 aromatic rings. The number of rotatable bonds is 10. The molecule has 1 aliphatic carbocycles. The van der Waals surface area contributed by atoms with E-state index in [1.54, 1.807) is 6.26 Å². The number of thioether (sulfide) groups is 1. The van der Waals surface area contributed by atoms with Gasteiger partial charge in [-0.3, -0.25) is 9.36 Å². The van der Waals surface area contributed by atoms with E-state index in [2.05, 4.69) is 46.0 Å². The Morgan fingerprint density at radius 2 is 1.74 bits per heavy atom. The van der Waals surface area contributed by atoms with Crippen molar-refractivity contribution in [2.75, 3.05) is 5.75 Å². The summed E-state index contributed by atoms with van der Waals surface area (Å²) in [6.45, 7) is 5.36. The average molecular weight is 487 g/mol. The third kappa shape index (κ3) is 5.51. The first-order valence-electron chi connectivity index (χ1n) is 12.1. The van der Waals surface area contributed by atoms with Gasteiger partial charge in [-0.15, -0.1) is 10.2 Å². The maximum absolute atomic E-state index is 13.5. The molecule has 0 bridgehead atoms. The Hall–Kier alpha value is -3.32. The van der Waals surface area contributed by atoms with Crippen molar-refractivity contribution in [2.24, 2.45) is 5.92 Å². The Morgan fingerprint density at radius 1 is 1.06 bits per heavy atom. The van der Waals surface area contributed by atoms with Gasteiger partial charge >= 0.3 is 0 Å². The summed E-state index contributed by atoms with van der Waals surface area (Å²) >= 11 is 1.45. The van der Waals surface area contributed by atoms with Crippen molar-refractivity contribution in [1.82, 2.24) is 19.7 Å². The molecule has 1 saturated carbocycles. The minimum absolute atomic E-state index is 0.133. The van der Waals surface area contributed by atoms with Crippen LogP contribution in [-0.2, 0) is 17.9 Å². The number of hydrogen-bond acceptors (Lipinski definition) is 5. The normalized spacial score (nSPS) is 14.1. The smallest absolute Gasteiger partial charge is 0.233 e. The van der Waals surface area contributed by atoms with E-state index in [1.165, 1.54) is 24.6 Å². The lowest BCUT2D eigenvalue weighted by atomic mass is 10.1. The van der Waals surface area contributed by atoms with Crippen LogP contribution in [0, 0.1) is 12.8 Å². The number of aryl methyl sites for hydroxylation is 1. The van der Waals surface area contributed by atoms with Crippen molar-refractivity contribution in [3.05, 3.63) is 89.9 Å². The van der Waals surface area contributed by atoms with Crippen molar-refractivity contribution < 1.29 is 9.21 Å². The Labute approximate surface area is 210 Å². The number of carbonyl (C=O) groups excluding carboxylic acids is 1. The van der Waals surface area contributed by atoms with E-state index < -0.39 is 0 Å². The molecule has 0 spiro atoms. The van der Waals surface area contributed by atoms with Gasteiger partial charge in [-0.1, -0.05) is 72.4 Å². The molecule has 1 fully saturated rings. The van der Waals surface area contributed by atoms with Crippen LogP contribution in [0.1, 0.15) is 36.7 Å². The molecular formula is C28H30N4O2S. The van der Waals surface area contributed by atoms with E-state index in [-0.39, 0.29) is 11.9 Å².